The van der Waals surface area contributed by atoms with E-state index in [0.29, 0.717) is 11.9 Å². The second-order valence-electron chi connectivity index (χ2n) is 5.52. The van der Waals surface area contributed by atoms with Crippen molar-refractivity contribution in [2.24, 2.45) is 0 Å². The van der Waals surface area contributed by atoms with Gasteiger partial charge >= 0.3 is 0 Å². The van der Waals surface area contributed by atoms with Crippen LogP contribution in [0.15, 0.2) is 17.2 Å². The Morgan fingerprint density at radius 3 is 2.65 bits per heavy atom. The minimum absolute atomic E-state index is 0.0248. The summed E-state index contributed by atoms with van der Waals surface area (Å²) < 4.78 is 1.81. The van der Waals surface area contributed by atoms with Gasteiger partial charge in [-0.3, -0.25) is 9.69 Å². The number of anilines is 1. The number of nitrogens with zero attached hydrogens (tertiary/aromatic N) is 5. The number of hydrogen-bond donors (Lipinski definition) is 0. The van der Waals surface area contributed by atoms with E-state index in [2.05, 4.69) is 16.0 Å². The van der Waals surface area contributed by atoms with E-state index in [4.69, 9.17) is 5.26 Å². The molecule has 106 valence electrons. The molecule has 1 aliphatic heterocycles. The first-order valence-electron chi connectivity index (χ1n) is 7.16. The molecule has 1 aromatic heterocycles. The van der Waals surface area contributed by atoms with E-state index < -0.39 is 0 Å². The predicted molar refractivity (Wildman–Crippen MR) is 75.6 cm³/mol. The Balaban J connectivity index is 1.74. The molecule has 0 spiro atoms. The van der Waals surface area contributed by atoms with E-state index in [-0.39, 0.29) is 11.6 Å². The van der Waals surface area contributed by atoms with E-state index in [9.17, 15) is 4.79 Å². The summed E-state index contributed by atoms with van der Waals surface area (Å²) >= 11 is 0. The zero-order valence-corrected chi connectivity index (χ0v) is 11.7. The maximum atomic E-state index is 12.4. The minimum atomic E-state index is -0.0657. The molecule has 1 aliphatic carbocycles. The van der Waals surface area contributed by atoms with Crippen molar-refractivity contribution < 1.29 is 0 Å². The van der Waals surface area contributed by atoms with Crippen molar-refractivity contribution in [3.05, 3.63) is 22.7 Å². The average molecular weight is 273 g/mol. The lowest BCUT2D eigenvalue weighted by atomic mass is 10.2. The van der Waals surface area contributed by atoms with E-state index in [1.807, 2.05) is 16.4 Å². The van der Waals surface area contributed by atoms with Gasteiger partial charge in [0, 0.05) is 44.6 Å². The summed E-state index contributed by atoms with van der Waals surface area (Å²) in [5.41, 5.74) is 0.0248. The normalized spacial score (nSPS) is 21.5. The summed E-state index contributed by atoms with van der Waals surface area (Å²) in [6, 6.07) is 2.57. The van der Waals surface area contributed by atoms with Crippen molar-refractivity contribution in [1.82, 2.24) is 14.5 Å². The summed E-state index contributed by atoms with van der Waals surface area (Å²) in [4.78, 5) is 20.9. The largest absolute Gasteiger partial charge is 0.349 e. The van der Waals surface area contributed by atoms with Gasteiger partial charge < -0.3 is 9.47 Å². The molecule has 6 heteroatoms. The standard InChI is InChI=1S/C14H19N5O/c1-11(10-15)17-6-8-18(9-7-17)13-14(20)19(5-4-16-13)12-2-3-12/h4-5,11-12H,2-3,6-9H2,1H3. The van der Waals surface area contributed by atoms with Gasteiger partial charge in [-0.1, -0.05) is 0 Å². The number of rotatable bonds is 3. The molecule has 2 aliphatic rings. The van der Waals surface area contributed by atoms with Gasteiger partial charge in [0.1, 0.15) is 0 Å². The molecule has 3 rings (SSSR count). The summed E-state index contributed by atoms with van der Waals surface area (Å²) in [5, 5.41) is 8.95. The van der Waals surface area contributed by atoms with Gasteiger partial charge in [-0.05, 0) is 19.8 Å². The second kappa shape index (κ2) is 5.25. The highest BCUT2D eigenvalue weighted by Crippen LogP contribution is 2.33. The molecule has 2 heterocycles. The van der Waals surface area contributed by atoms with E-state index in [0.717, 1.165) is 39.0 Å². The fraction of sp³-hybridized carbons (Fsp3) is 0.643. The number of aromatic nitrogens is 2. The molecule has 2 fully saturated rings. The lowest BCUT2D eigenvalue weighted by Gasteiger charge is -2.36. The third-order valence-corrected chi connectivity index (χ3v) is 4.14. The van der Waals surface area contributed by atoms with Crippen LogP contribution in [0.3, 0.4) is 0 Å². The number of piperazine rings is 1. The van der Waals surface area contributed by atoms with Crippen LogP contribution in [0.5, 0.6) is 0 Å². The van der Waals surface area contributed by atoms with Crippen LogP contribution in [0.4, 0.5) is 5.82 Å². The van der Waals surface area contributed by atoms with Gasteiger partial charge in [0.15, 0.2) is 5.82 Å². The molecular weight excluding hydrogens is 254 g/mol. The summed E-state index contributed by atoms with van der Waals surface area (Å²) in [7, 11) is 0. The monoisotopic (exact) mass is 273 g/mol. The highest BCUT2D eigenvalue weighted by Gasteiger charge is 2.28. The molecule has 0 radical (unpaired) electrons. The Hall–Kier alpha value is -1.87. The third-order valence-electron chi connectivity index (χ3n) is 4.14. The second-order valence-corrected chi connectivity index (χ2v) is 5.52. The Morgan fingerprint density at radius 1 is 1.35 bits per heavy atom. The molecular formula is C14H19N5O. The van der Waals surface area contributed by atoms with Gasteiger partial charge in [0.05, 0.1) is 12.1 Å². The van der Waals surface area contributed by atoms with Crippen molar-refractivity contribution >= 4 is 5.82 Å². The Labute approximate surface area is 118 Å². The molecule has 1 unspecified atom stereocenters. The first-order chi connectivity index (χ1) is 9.70. The van der Waals surface area contributed by atoms with Crippen molar-refractivity contribution in [3.8, 4) is 6.07 Å². The number of hydrogen-bond acceptors (Lipinski definition) is 5. The highest BCUT2D eigenvalue weighted by molar-refractivity contribution is 5.36. The molecule has 1 atom stereocenters. The Kier molecular flexibility index (Phi) is 3.45. The maximum absolute atomic E-state index is 12.4. The van der Waals surface area contributed by atoms with Crippen LogP contribution in [0.25, 0.3) is 0 Å². The molecule has 0 aromatic carbocycles. The van der Waals surface area contributed by atoms with E-state index in [1.165, 1.54) is 0 Å². The van der Waals surface area contributed by atoms with Crippen LogP contribution < -0.4 is 10.5 Å². The molecule has 20 heavy (non-hydrogen) atoms. The fourth-order valence-electron chi connectivity index (χ4n) is 2.67. The average Bonchev–Trinajstić information content (AvgIpc) is 3.31. The molecule has 0 N–H and O–H groups in total. The summed E-state index contributed by atoms with van der Waals surface area (Å²) in [5.74, 6) is 0.559. The fourth-order valence-corrected chi connectivity index (χ4v) is 2.67. The highest BCUT2D eigenvalue weighted by atomic mass is 16.1. The SMILES string of the molecule is CC(C#N)N1CCN(c2nccn(C3CC3)c2=O)CC1. The van der Waals surface area contributed by atoms with E-state index >= 15 is 0 Å². The Bertz CT molecular complexity index is 578. The quantitative estimate of drug-likeness (QED) is 0.807. The third kappa shape index (κ3) is 2.41. The minimum Gasteiger partial charge on any atom is -0.349 e. The molecule has 0 amide bonds. The van der Waals surface area contributed by atoms with Crippen LogP contribution in [0, 0.1) is 11.3 Å². The summed E-state index contributed by atoms with van der Waals surface area (Å²) in [6.07, 6.45) is 5.70. The molecule has 1 aromatic rings. The maximum Gasteiger partial charge on any atom is 0.293 e. The lowest BCUT2D eigenvalue weighted by Crippen LogP contribution is -2.51. The van der Waals surface area contributed by atoms with Crippen LogP contribution in [-0.2, 0) is 0 Å². The lowest BCUT2D eigenvalue weighted by molar-refractivity contribution is 0.231. The van der Waals surface area contributed by atoms with Gasteiger partial charge in [-0.25, -0.2) is 4.98 Å². The Morgan fingerprint density at radius 2 is 2.05 bits per heavy atom. The predicted octanol–water partition coefficient (Wildman–Crippen LogP) is 0.612. The van der Waals surface area contributed by atoms with Gasteiger partial charge in [-0.15, -0.1) is 0 Å². The van der Waals surface area contributed by atoms with Gasteiger partial charge in [-0.2, -0.15) is 5.26 Å². The molecule has 1 saturated heterocycles. The first-order valence-corrected chi connectivity index (χ1v) is 7.16. The molecule has 6 nitrogen and oxygen atoms in total. The summed E-state index contributed by atoms with van der Waals surface area (Å²) in [6.45, 7) is 5.02. The topological polar surface area (TPSA) is 65.2 Å². The van der Waals surface area contributed by atoms with Gasteiger partial charge in [0.25, 0.3) is 5.56 Å². The van der Waals surface area contributed by atoms with E-state index in [1.54, 1.807) is 12.4 Å². The molecule has 0 bridgehead atoms. The number of nitriles is 1. The van der Waals surface area contributed by atoms with Crippen molar-refractivity contribution in [2.75, 3.05) is 31.1 Å². The van der Waals surface area contributed by atoms with Gasteiger partial charge in [0.2, 0.25) is 0 Å². The van der Waals surface area contributed by atoms with Crippen molar-refractivity contribution in [2.45, 2.75) is 31.8 Å². The zero-order valence-electron chi connectivity index (χ0n) is 11.7. The smallest absolute Gasteiger partial charge is 0.293 e. The molecule has 1 saturated carbocycles. The van der Waals surface area contributed by atoms with Crippen molar-refractivity contribution in [3.63, 3.8) is 0 Å². The van der Waals surface area contributed by atoms with Crippen LogP contribution in [-0.4, -0.2) is 46.7 Å². The first kappa shape index (κ1) is 13.1. The zero-order chi connectivity index (χ0) is 14.1. The van der Waals surface area contributed by atoms with Crippen LogP contribution in [0.1, 0.15) is 25.8 Å². The van der Waals surface area contributed by atoms with Crippen LogP contribution >= 0.6 is 0 Å². The van der Waals surface area contributed by atoms with Crippen LogP contribution in [0.2, 0.25) is 0 Å². The van der Waals surface area contributed by atoms with Crippen molar-refractivity contribution in [1.29, 1.82) is 5.26 Å².